The fraction of sp³-hybridized carbons (Fsp3) is 0.135. The Labute approximate surface area is 573 Å². The summed E-state index contributed by atoms with van der Waals surface area (Å²) < 4.78 is 124. The molecule has 2 N–H and O–H groups in total. The van der Waals surface area contributed by atoms with Gasteiger partial charge in [-0.3, -0.25) is 24.0 Å². The van der Waals surface area contributed by atoms with Crippen molar-refractivity contribution in [2.75, 3.05) is 27.9 Å². The molecule has 102 heavy (non-hydrogen) atoms. The van der Waals surface area contributed by atoms with Gasteiger partial charge in [0.2, 0.25) is 29.4 Å². The number of amides is 2. The van der Waals surface area contributed by atoms with E-state index in [9.17, 15) is 50.3 Å². The van der Waals surface area contributed by atoms with Crippen molar-refractivity contribution in [1.29, 1.82) is 0 Å². The lowest BCUT2D eigenvalue weighted by Gasteiger charge is -2.14. The Morgan fingerprint density at radius 1 is 0.471 bits per heavy atom. The van der Waals surface area contributed by atoms with Crippen molar-refractivity contribution in [3.63, 3.8) is 0 Å². The fourth-order valence-electron chi connectivity index (χ4n) is 10.6. The first-order valence-corrected chi connectivity index (χ1v) is 31.2. The zero-order valence-electron chi connectivity index (χ0n) is 54.5. The molecule has 13 aromatic rings. The maximum Gasteiger partial charge on any atom is 0.251 e. The van der Waals surface area contributed by atoms with Crippen molar-refractivity contribution in [2.24, 2.45) is 0 Å². The lowest BCUT2D eigenvalue weighted by atomic mass is 10.0. The topological polar surface area (TPSA) is 256 Å². The molecule has 1 fully saturated rings. The highest BCUT2D eigenvalue weighted by molar-refractivity contribution is 5.98. The van der Waals surface area contributed by atoms with Crippen LogP contribution in [0.5, 0.6) is 52.1 Å². The number of hydrogen-bond donors (Lipinski definition) is 2. The number of ether oxygens (including phenoxy) is 6. The Morgan fingerprint density at radius 3 is 1.22 bits per heavy atom. The summed E-state index contributed by atoms with van der Waals surface area (Å²) in [5.41, 5.74) is 4.08. The number of pyridine rings is 3. The third-order valence-corrected chi connectivity index (χ3v) is 15.6. The molecule has 0 spiro atoms. The zero-order valence-corrected chi connectivity index (χ0v) is 54.5. The summed E-state index contributed by atoms with van der Waals surface area (Å²) >= 11 is 0. The van der Waals surface area contributed by atoms with E-state index < -0.39 is 34.9 Å². The minimum Gasteiger partial charge on any atom is -0.496 e. The first-order chi connectivity index (χ1) is 49.3. The number of fused-ring (bicyclic) bond motifs is 3. The fourth-order valence-corrected chi connectivity index (χ4v) is 10.6. The summed E-state index contributed by atoms with van der Waals surface area (Å²) in [6.45, 7) is 4.16. The molecule has 516 valence electrons. The van der Waals surface area contributed by atoms with Gasteiger partial charge in [-0.25, -0.2) is 39.9 Å². The Morgan fingerprint density at radius 2 is 0.853 bits per heavy atom. The SMILES string of the molecule is CCCNC(=O)c1ccc(OC)c(-c2c(=O)ccn3nc(Oc4ccc(F)cc4F)ccc23)c1.COc1ccc(-c2nnc(C)o2)cc1-c1c(=O)ccn2nc(Oc3ccc(F)cc3F)ccc12.COc1ccc(C(=O)NC2CC2)cc1-c1c(=O)ccn2nc(Oc3ccc(F)cc3F)ccc12. The van der Waals surface area contributed by atoms with Crippen molar-refractivity contribution < 1.29 is 68.8 Å². The number of halogens is 6. The Balaban J connectivity index is 0.000000144. The molecular weight excluding hydrogens is 1330 g/mol. The molecule has 0 atom stereocenters. The van der Waals surface area contributed by atoms with Gasteiger partial charge in [-0.2, -0.15) is 0 Å². The number of methoxy groups -OCH3 is 3. The van der Waals surface area contributed by atoms with Gasteiger partial charge in [-0.15, -0.1) is 25.5 Å². The standard InChI is InChI=1S/C25H19F2N3O4.C25H21F2N3O4.C24H16F2N4O4/c1-33-21-7-2-14(25(32)28-16-4-5-16)12-17(21)24-19-6-9-23(29-30(19)11-10-20(24)31)34-22-8-3-15(26)13-18(22)27;1-3-11-28-25(32)15-4-7-21(33-2)17(13-15)24-19-6-9-23(29-30(19)12-10-20(24)31)34-22-8-5-16(26)14-18(22)27;1-13-27-28-24(33-13)14-3-6-20(32-2)16(11-14)23-18-5-8-22(29-30(18)10-9-19(23)31)34-21-7-4-15(25)12-17(21)26/h2-3,6-13,16H,4-5H2,1H3,(H,28,32);4-10,12-14H,3,11H2,1-2H3,(H,28,32);3-12H,1-2H3. The predicted octanol–water partition coefficient (Wildman–Crippen LogP) is 13.7. The normalized spacial score (nSPS) is 11.6. The number of rotatable bonds is 18. The van der Waals surface area contributed by atoms with Crippen LogP contribution in [0.25, 0.3) is 61.4 Å². The van der Waals surface area contributed by atoms with E-state index in [4.69, 9.17) is 32.8 Å². The second-order valence-electron chi connectivity index (χ2n) is 22.6. The minimum atomic E-state index is -0.870. The number of aryl methyl sites for hydroxylation is 1. The van der Waals surface area contributed by atoms with Gasteiger partial charge in [0, 0.05) is 126 Å². The molecule has 1 saturated carbocycles. The van der Waals surface area contributed by atoms with Gasteiger partial charge in [0.15, 0.2) is 51.0 Å². The molecule has 0 aliphatic heterocycles. The highest BCUT2D eigenvalue weighted by Crippen LogP contribution is 2.38. The molecule has 7 heterocycles. The molecule has 6 aromatic carbocycles. The van der Waals surface area contributed by atoms with Crippen LogP contribution in [-0.4, -0.2) is 84.8 Å². The maximum absolute atomic E-state index is 14.0. The lowest BCUT2D eigenvalue weighted by Crippen LogP contribution is -2.25. The van der Waals surface area contributed by atoms with Gasteiger partial charge in [0.25, 0.3) is 11.8 Å². The van der Waals surface area contributed by atoms with Gasteiger partial charge in [-0.05, 0) is 128 Å². The number of aromatic nitrogens is 8. The van der Waals surface area contributed by atoms with Crippen LogP contribution < -0.4 is 55.3 Å². The smallest absolute Gasteiger partial charge is 0.251 e. The van der Waals surface area contributed by atoms with E-state index in [0.29, 0.717) is 103 Å². The molecule has 22 nitrogen and oxygen atoms in total. The molecule has 1 aliphatic rings. The van der Waals surface area contributed by atoms with Crippen molar-refractivity contribution in [2.45, 2.75) is 39.2 Å². The van der Waals surface area contributed by atoms with Crippen LogP contribution in [-0.2, 0) is 0 Å². The third-order valence-electron chi connectivity index (χ3n) is 15.6. The van der Waals surface area contributed by atoms with Crippen LogP contribution in [0.4, 0.5) is 26.3 Å². The zero-order chi connectivity index (χ0) is 71.9. The maximum atomic E-state index is 14.0. The summed E-state index contributed by atoms with van der Waals surface area (Å²) in [6, 6.07) is 37.2. The van der Waals surface area contributed by atoms with E-state index in [1.807, 2.05) is 6.92 Å². The Hall–Kier alpha value is -13.1. The summed E-state index contributed by atoms with van der Waals surface area (Å²) in [5, 5.41) is 26.5. The molecule has 0 radical (unpaired) electrons. The van der Waals surface area contributed by atoms with Crippen LogP contribution in [0, 0.1) is 41.8 Å². The van der Waals surface area contributed by atoms with Gasteiger partial charge in [-0.1, -0.05) is 6.92 Å². The van der Waals surface area contributed by atoms with E-state index >= 15 is 0 Å². The monoisotopic (exact) mass is 1390 g/mol. The minimum absolute atomic E-state index is 0.0345. The second-order valence-corrected chi connectivity index (χ2v) is 22.6. The number of nitrogens with zero attached hydrogens (tertiary/aromatic N) is 8. The highest BCUT2D eigenvalue weighted by Gasteiger charge is 2.26. The van der Waals surface area contributed by atoms with Crippen LogP contribution in [0.1, 0.15) is 52.8 Å². The number of hydrogen-bond acceptors (Lipinski definition) is 17. The van der Waals surface area contributed by atoms with Gasteiger partial charge < -0.3 is 43.5 Å². The molecule has 28 heteroatoms. The summed E-state index contributed by atoms with van der Waals surface area (Å²) in [7, 11) is 4.45. The van der Waals surface area contributed by atoms with E-state index in [1.54, 1.807) is 79.7 Å². The molecule has 14 rings (SSSR count). The molecule has 1 aliphatic carbocycles. The third kappa shape index (κ3) is 15.3. The molecule has 0 bridgehead atoms. The Kier molecular flexibility index (Phi) is 20.2. The van der Waals surface area contributed by atoms with Crippen LogP contribution >= 0.6 is 0 Å². The Bertz CT molecular complexity index is 5590. The van der Waals surface area contributed by atoms with Crippen molar-refractivity contribution >= 4 is 28.4 Å². The van der Waals surface area contributed by atoms with E-state index in [0.717, 1.165) is 55.7 Å². The molecule has 0 saturated heterocycles. The van der Waals surface area contributed by atoms with Gasteiger partial charge in [0.1, 0.15) is 34.7 Å². The largest absolute Gasteiger partial charge is 0.496 e. The lowest BCUT2D eigenvalue weighted by molar-refractivity contribution is 0.0944. The molecule has 2 amide bonds. The van der Waals surface area contributed by atoms with Crippen LogP contribution in [0.15, 0.2) is 201 Å². The average molecular weight is 1390 g/mol. The van der Waals surface area contributed by atoms with Crippen molar-refractivity contribution in [1.82, 2.24) is 49.7 Å². The van der Waals surface area contributed by atoms with E-state index in [1.165, 1.54) is 95.9 Å². The highest BCUT2D eigenvalue weighted by atomic mass is 19.2. The number of benzene rings is 6. The van der Waals surface area contributed by atoms with Crippen LogP contribution in [0.2, 0.25) is 0 Å². The molecule has 0 unspecified atom stereocenters. The number of carbonyl (C=O) groups excluding carboxylic acids is 2. The first kappa shape index (κ1) is 68.8. The van der Waals surface area contributed by atoms with Gasteiger partial charge in [0.05, 0.1) is 54.6 Å². The van der Waals surface area contributed by atoms with Crippen molar-refractivity contribution in [3.8, 4) is 97.0 Å². The second kappa shape index (κ2) is 29.9. The average Bonchev–Trinajstić information content (AvgIpc) is 1.37. The summed E-state index contributed by atoms with van der Waals surface area (Å²) in [6.07, 6.45) is 7.06. The summed E-state index contributed by atoms with van der Waals surface area (Å²) in [4.78, 5) is 63.8. The predicted molar refractivity (Wildman–Crippen MR) is 361 cm³/mol. The van der Waals surface area contributed by atoms with E-state index in [2.05, 4.69) is 36.1 Å². The van der Waals surface area contributed by atoms with Crippen molar-refractivity contribution in [3.05, 3.63) is 265 Å². The summed E-state index contributed by atoms with van der Waals surface area (Å²) in [5.74, 6) is -3.69. The van der Waals surface area contributed by atoms with Gasteiger partial charge >= 0.3 is 0 Å². The number of carbonyl (C=O) groups is 2. The first-order valence-electron chi connectivity index (χ1n) is 31.2. The molecule has 7 aromatic heterocycles. The quantitative estimate of drug-likeness (QED) is 0.0757. The molecular formula is C74H56F6N10O12. The van der Waals surface area contributed by atoms with Crippen LogP contribution in [0.3, 0.4) is 0 Å². The van der Waals surface area contributed by atoms with E-state index in [-0.39, 0.29) is 80.2 Å². The number of nitrogens with one attached hydrogen (secondary N) is 2.